The highest BCUT2D eigenvalue weighted by Gasteiger charge is 2.28. The van der Waals surface area contributed by atoms with Crippen molar-refractivity contribution in [3.63, 3.8) is 0 Å². The number of benzene rings is 1. The van der Waals surface area contributed by atoms with Crippen molar-refractivity contribution in [2.45, 2.75) is 11.4 Å². The van der Waals surface area contributed by atoms with Crippen molar-refractivity contribution >= 4 is 21.5 Å². The molecule has 26 heavy (non-hydrogen) atoms. The summed E-state index contributed by atoms with van der Waals surface area (Å²) < 4.78 is 32.4. The molecule has 1 saturated heterocycles. The number of anilines is 1. The summed E-state index contributed by atoms with van der Waals surface area (Å²) in [7, 11) is -3.66. The molecule has 1 aliphatic rings. The number of morpholine rings is 1. The van der Waals surface area contributed by atoms with Crippen LogP contribution in [0, 0.1) is 10.1 Å². The fourth-order valence-corrected chi connectivity index (χ4v) is 4.32. The van der Waals surface area contributed by atoms with Crippen molar-refractivity contribution in [3.8, 4) is 0 Å². The van der Waals surface area contributed by atoms with E-state index in [-0.39, 0.29) is 22.9 Å². The van der Waals surface area contributed by atoms with Crippen molar-refractivity contribution in [1.29, 1.82) is 0 Å². The van der Waals surface area contributed by atoms with Crippen LogP contribution in [-0.2, 0) is 21.3 Å². The van der Waals surface area contributed by atoms with Gasteiger partial charge in [0.15, 0.2) is 0 Å². The van der Waals surface area contributed by atoms with Crippen molar-refractivity contribution < 1.29 is 18.1 Å². The van der Waals surface area contributed by atoms with Crippen LogP contribution in [0.2, 0.25) is 0 Å². The van der Waals surface area contributed by atoms with Crippen LogP contribution in [0.15, 0.2) is 47.5 Å². The maximum absolute atomic E-state index is 12.9. The van der Waals surface area contributed by atoms with Crippen LogP contribution in [0.3, 0.4) is 0 Å². The van der Waals surface area contributed by atoms with E-state index in [1.165, 1.54) is 28.7 Å². The zero-order chi connectivity index (χ0) is 18.6. The Hall–Kier alpha value is -2.56. The molecule has 1 N–H and O–H groups in total. The first-order chi connectivity index (χ1) is 12.5. The third-order valence-corrected chi connectivity index (χ3v) is 5.99. The summed E-state index contributed by atoms with van der Waals surface area (Å²) in [5, 5.41) is 13.9. The Balaban J connectivity index is 1.85. The summed E-state index contributed by atoms with van der Waals surface area (Å²) in [4.78, 5) is 14.7. The number of nitrogens with one attached hydrogen (secondary N) is 1. The molecule has 0 saturated carbocycles. The van der Waals surface area contributed by atoms with Gasteiger partial charge in [0.2, 0.25) is 15.8 Å². The lowest BCUT2D eigenvalue weighted by Crippen LogP contribution is -2.41. The Morgan fingerprint density at radius 3 is 2.65 bits per heavy atom. The van der Waals surface area contributed by atoms with Crippen LogP contribution in [0.1, 0.15) is 5.56 Å². The van der Waals surface area contributed by atoms with Crippen LogP contribution in [0.25, 0.3) is 0 Å². The predicted molar refractivity (Wildman–Crippen MR) is 94.2 cm³/mol. The molecule has 0 radical (unpaired) electrons. The lowest BCUT2D eigenvalue weighted by Gasteiger charge is -2.27. The molecule has 0 spiro atoms. The predicted octanol–water partition coefficient (Wildman–Crippen LogP) is 1.62. The van der Waals surface area contributed by atoms with E-state index in [0.29, 0.717) is 31.9 Å². The largest absolute Gasteiger partial charge is 0.379 e. The van der Waals surface area contributed by atoms with Gasteiger partial charge in [-0.2, -0.15) is 4.31 Å². The fraction of sp³-hybridized carbons (Fsp3) is 0.312. The lowest BCUT2D eigenvalue weighted by molar-refractivity contribution is -0.384. The third-order valence-electron chi connectivity index (χ3n) is 3.99. The van der Waals surface area contributed by atoms with E-state index in [1.54, 1.807) is 18.2 Å². The van der Waals surface area contributed by atoms with Crippen LogP contribution in [0.4, 0.5) is 11.5 Å². The molecular formula is C16H18N4O5S. The molecule has 1 aliphatic heterocycles. The minimum absolute atomic E-state index is 0.0936. The number of nitrogens with zero attached hydrogens (tertiary/aromatic N) is 3. The molecule has 1 aromatic heterocycles. The van der Waals surface area contributed by atoms with Crippen molar-refractivity contribution in [2.24, 2.45) is 0 Å². The van der Waals surface area contributed by atoms with Crippen LogP contribution >= 0.6 is 0 Å². The molecule has 0 unspecified atom stereocenters. The molecule has 3 rings (SSSR count). The van der Waals surface area contributed by atoms with Gasteiger partial charge in [-0.15, -0.1) is 0 Å². The molecule has 0 atom stereocenters. The highest BCUT2D eigenvalue weighted by Crippen LogP contribution is 2.24. The summed E-state index contributed by atoms with van der Waals surface area (Å²) in [6.07, 6.45) is 1.44. The molecule has 10 heteroatoms. The van der Waals surface area contributed by atoms with Crippen molar-refractivity contribution in [1.82, 2.24) is 9.29 Å². The summed E-state index contributed by atoms with van der Waals surface area (Å²) in [6, 6.07) is 9.40. The van der Waals surface area contributed by atoms with Gasteiger partial charge in [0.25, 0.3) is 0 Å². The SMILES string of the molecule is O=[N+]([O-])c1cccnc1NCc1ccccc1S(=O)(=O)N1CCOCC1. The number of rotatable bonds is 6. The Morgan fingerprint density at radius 1 is 1.19 bits per heavy atom. The fourth-order valence-electron chi connectivity index (χ4n) is 2.69. The Bertz CT molecular complexity index is 897. The van der Waals surface area contributed by atoms with Crippen molar-refractivity contribution in [3.05, 3.63) is 58.3 Å². The average Bonchev–Trinajstić information content (AvgIpc) is 2.67. The number of hydrogen-bond acceptors (Lipinski definition) is 7. The van der Waals surface area contributed by atoms with E-state index < -0.39 is 14.9 Å². The second-order valence-electron chi connectivity index (χ2n) is 5.61. The van der Waals surface area contributed by atoms with Gasteiger partial charge in [-0.05, 0) is 17.7 Å². The Morgan fingerprint density at radius 2 is 1.92 bits per heavy atom. The van der Waals surface area contributed by atoms with E-state index in [4.69, 9.17) is 4.74 Å². The second-order valence-corrected chi connectivity index (χ2v) is 7.51. The van der Waals surface area contributed by atoms with Crippen LogP contribution < -0.4 is 5.32 Å². The molecule has 1 aromatic carbocycles. The van der Waals surface area contributed by atoms with Gasteiger partial charge in [0, 0.05) is 31.9 Å². The highest BCUT2D eigenvalue weighted by atomic mass is 32.2. The molecule has 138 valence electrons. The number of hydrogen-bond donors (Lipinski definition) is 1. The molecule has 2 aromatic rings. The van der Waals surface area contributed by atoms with E-state index in [2.05, 4.69) is 10.3 Å². The number of ether oxygens (including phenoxy) is 1. The topological polar surface area (TPSA) is 115 Å². The van der Waals surface area contributed by atoms with Gasteiger partial charge < -0.3 is 10.1 Å². The third kappa shape index (κ3) is 3.82. The quantitative estimate of drug-likeness (QED) is 0.600. The van der Waals surface area contributed by atoms with E-state index >= 15 is 0 Å². The first kappa shape index (κ1) is 18.2. The summed E-state index contributed by atoms with van der Waals surface area (Å²) in [5.74, 6) is 0.0936. The number of nitro groups is 1. The van der Waals surface area contributed by atoms with Crippen molar-refractivity contribution in [2.75, 3.05) is 31.6 Å². The lowest BCUT2D eigenvalue weighted by atomic mass is 10.2. The summed E-state index contributed by atoms with van der Waals surface area (Å²) in [6.45, 7) is 1.42. The highest BCUT2D eigenvalue weighted by molar-refractivity contribution is 7.89. The molecule has 0 bridgehead atoms. The average molecular weight is 378 g/mol. The minimum atomic E-state index is -3.66. The zero-order valence-electron chi connectivity index (χ0n) is 13.9. The van der Waals surface area contributed by atoms with E-state index in [9.17, 15) is 18.5 Å². The monoisotopic (exact) mass is 378 g/mol. The van der Waals surface area contributed by atoms with Gasteiger partial charge in [-0.25, -0.2) is 13.4 Å². The van der Waals surface area contributed by atoms with E-state index in [0.717, 1.165) is 0 Å². The zero-order valence-corrected chi connectivity index (χ0v) is 14.7. The molecule has 2 heterocycles. The van der Waals surface area contributed by atoms with Gasteiger partial charge >= 0.3 is 5.69 Å². The Kier molecular flexibility index (Phi) is 5.45. The van der Waals surface area contributed by atoms with Gasteiger partial charge in [0.05, 0.1) is 23.0 Å². The minimum Gasteiger partial charge on any atom is -0.379 e. The maximum Gasteiger partial charge on any atom is 0.311 e. The Labute approximate surface area is 150 Å². The smallest absolute Gasteiger partial charge is 0.311 e. The molecule has 9 nitrogen and oxygen atoms in total. The standard InChI is InChI=1S/C16H18N4O5S/c21-20(22)14-5-3-7-17-16(14)18-12-13-4-1-2-6-15(13)26(23,24)19-8-10-25-11-9-19/h1-7H,8-12H2,(H,17,18). The van der Waals surface area contributed by atoms with Gasteiger partial charge in [-0.1, -0.05) is 18.2 Å². The molecule has 0 aliphatic carbocycles. The number of pyridine rings is 1. The summed E-state index contributed by atoms with van der Waals surface area (Å²) in [5.41, 5.74) is 0.347. The maximum atomic E-state index is 12.9. The van der Waals surface area contributed by atoms with Gasteiger partial charge in [0.1, 0.15) is 0 Å². The first-order valence-corrected chi connectivity index (χ1v) is 9.43. The van der Waals surface area contributed by atoms with E-state index in [1.807, 2.05) is 0 Å². The molecular weight excluding hydrogens is 360 g/mol. The van der Waals surface area contributed by atoms with Crippen LogP contribution in [0.5, 0.6) is 0 Å². The first-order valence-electron chi connectivity index (χ1n) is 7.99. The number of aromatic nitrogens is 1. The van der Waals surface area contributed by atoms with Gasteiger partial charge in [-0.3, -0.25) is 10.1 Å². The van der Waals surface area contributed by atoms with Crippen LogP contribution in [-0.4, -0.2) is 48.9 Å². The molecule has 0 amide bonds. The number of sulfonamides is 1. The summed E-state index contributed by atoms with van der Waals surface area (Å²) >= 11 is 0. The molecule has 1 fully saturated rings. The normalized spacial score (nSPS) is 15.5. The second kappa shape index (κ2) is 7.77.